The van der Waals surface area contributed by atoms with Crippen LogP contribution in [0.4, 0.5) is 11.4 Å². The van der Waals surface area contributed by atoms with Crippen LogP contribution in [0.15, 0.2) is 42.5 Å². The minimum Gasteiger partial charge on any atom is -0.462 e. The third-order valence-electron chi connectivity index (χ3n) is 3.22. The number of para-hydroxylation sites is 1. The van der Waals surface area contributed by atoms with E-state index in [1.165, 1.54) is 18.2 Å². The molecule has 2 aromatic rings. The molecule has 8 heteroatoms. The number of carbonyl (C=O) groups is 3. The second-order valence-corrected chi connectivity index (χ2v) is 6.01. The highest BCUT2D eigenvalue weighted by molar-refractivity contribution is 6.36. The summed E-state index contributed by atoms with van der Waals surface area (Å²) in [7, 11) is 0. The van der Waals surface area contributed by atoms with Gasteiger partial charge >= 0.3 is 5.97 Å². The maximum absolute atomic E-state index is 12.1. The average molecular weight is 395 g/mol. The summed E-state index contributed by atoms with van der Waals surface area (Å²) in [6.45, 7) is 1.90. The normalized spacial score (nSPS) is 10.1. The Labute approximate surface area is 160 Å². The van der Waals surface area contributed by atoms with Crippen molar-refractivity contribution in [2.45, 2.75) is 13.3 Å². The first-order valence-corrected chi connectivity index (χ1v) is 8.47. The number of halogens is 2. The SMILES string of the molecule is CCOC(=O)c1ccccc1NC(=O)CC(=O)Nc1ccc(Cl)cc1Cl. The smallest absolute Gasteiger partial charge is 0.340 e. The summed E-state index contributed by atoms with van der Waals surface area (Å²) in [5, 5.41) is 5.76. The fraction of sp³-hybridized carbons (Fsp3) is 0.167. The average Bonchev–Trinajstić information content (AvgIpc) is 2.58. The standard InChI is InChI=1S/C18H16Cl2N2O4/c1-2-26-18(25)12-5-3-4-6-14(12)21-16(23)10-17(24)22-15-8-7-11(19)9-13(15)20/h3-9H,2,10H2,1H3,(H,21,23)(H,22,24). The summed E-state index contributed by atoms with van der Waals surface area (Å²) in [5.74, 6) is -1.69. The zero-order valence-electron chi connectivity index (χ0n) is 13.8. The monoisotopic (exact) mass is 394 g/mol. The number of ether oxygens (including phenoxy) is 1. The molecular weight excluding hydrogens is 379 g/mol. The van der Waals surface area contributed by atoms with E-state index >= 15 is 0 Å². The molecular formula is C18H16Cl2N2O4. The molecule has 0 aliphatic heterocycles. The highest BCUT2D eigenvalue weighted by atomic mass is 35.5. The van der Waals surface area contributed by atoms with Gasteiger partial charge in [0.25, 0.3) is 0 Å². The Bertz CT molecular complexity index is 840. The molecule has 26 heavy (non-hydrogen) atoms. The Hall–Kier alpha value is -2.57. The molecule has 0 aliphatic rings. The minimum absolute atomic E-state index is 0.212. The highest BCUT2D eigenvalue weighted by Crippen LogP contribution is 2.25. The van der Waals surface area contributed by atoms with Crippen molar-refractivity contribution in [2.24, 2.45) is 0 Å². The van der Waals surface area contributed by atoms with Crippen LogP contribution >= 0.6 is 23.2 Å². The molecule has 2 N–H and O–H groups in total. The second-order valence-electron chi connectivity index (χ2n) is 5.16. The molecule has 0 saturated heterocycles. The maximum atomic E-state index is 12.1. The number of rotatable bonds is 6. The van der Waals surface area contributed by atoms with Crippen molar-refractivity contribution >= 4 is 52.4 Å². The first kappa shape index (κ1) is 19.8. The number of hydrogen-bond acceptors (Lipinski definition) is 4. The van der Waals surface area contributed by atoms with E-state index in [2.05, 4.69) is 10.6 Å². The van der Waals surface area contributed by atoms with Gasteiger partial charge in [0.15, 0.2) is 0 Å². The van der Waals surface area contributed by atoms with Gasteiger partial charge in [0.2, 0.25) is 11.8 Å². The third-order valence-corrected chi connectivity index (χ3v) is 3.77. The fourth-order valence-electron chi connectivity index (χ4n) is 2.10. The van der Waals surface area contributed by atoms with Crippen LogP contribution in [-0.4, -0.2) is 24.4 Å². The predicted octanol–water partition coefficient (Wildman–Crippen LogP) is 4.14. The van der Waals surface area contributed by atoms with Gasteiger partial charge in [-0.25, -0.2) is 4.79 Å². The van der Waals surface area contributed by atoms with Crippen LogP contribution < -0.4 is 10.6 Å². The Kier molecular flexibility index (Phi) is 7.00. The second kappa shape index (κ2) is 9.22. The summed E-state index contributed by atoms with van der Waals surface area (Å²) in [5.41, 5.74) is 0.831. The molecule has 136 valence electrons. The van der Waals surface area contributed by atoms with E-state index in [4.69, 9.17) is 27.9 Å². The van der Waals surface area contributed by atoms with Crippen molar-refractivity contribution in [3.05, 3.63) is 58.1 Å². The van der Waals surface area contributed by atoms with Gasteiger partial charge in [0, 0.05) is 5.02 Å². The lowest BCUT2D eigenvalue weighted by atomic mass is 10.1. The van der Waals surface area contributed by atoms with Crippen LogP contribution in [-0.2, 0) is 14.3 Å². The van der Waals surface area contributed by atoms with E-state index in [1.807, 2.05) is 0 Å². The van der Waals surface area contributed by atoms with Crippen molar-refractivity contribution in [1.29, 1.82) is 0 Å². The van der Waals surface area contributed by atoms with E-state index in [0.29, 0.717) is 10.7 Å². The molecule has 0 heterocycles. The van der Waals surface area contributed by atoms with Crippen LogP contribution in [0.1, 0.15) is 23.7 Å². The Balaban J connectivity index is 2.00. The van der Waals surface area contributed by atoms with E-state index in [0.717, 1.165) is 0 Å². The molecule has 0 saturated carbocycles. The lowest BCUT2D eigenvalue weighted by Gasteiger charge is -2.11. The zero-order chi connectivity index (χ0) is 19.1. The van der Waals surface area contributed by atoms with Crippen molar-refractivity contribution in [3.8, 4) is 0 Å². The fourth-order valence-corrected chi connectivity index (χ4v) is 2.56. The number of esters is 1. The number of anilines is 2. The number of benzene rings is 2. The third kappa shape index (κ3) is 5.47. The Morgan fingerprint density at radius 1 is 0.962 bits per heavy atom. The highest BCUT2D eigenvalue weighted by Gasteiger charge is 2.16. The molecule has 0 bridgehead atoms. The summed E-state index contributed by atoms with van der Waals surface area (Å²) >= 11 is 11.8. The van der Waals surface area contributed by atoms with Gasteiger partial charge in [-0.05, 0) is 37.3 Å². The van der Waals surface area contributed by atoms with Gasteiger partial charge in [-0.2, -0.15) is 0 Å². The van der Waals surface area contributed by atoms with Gasteiger partial charge in [0.05, 0.1) is 28.6 Å². The molecule has 2 amide bonds. The molecule has 2 rings (SSSR count). The lowest BCUT2D eigenvalue weighted by Crippen LogP contribution is -2.22. The molecule has 0 aliphatic carbocycles. The topological polar surface area (TPSA) is 84.5 Å². The van der Waals surface area contributed by atoms with Gasteiger partial charge in [-0.3, -0.25) is 9.59 Å². The van der Waals surface area contributed by atoms with Gasteiger partial charge in [0.1, 0.15) is 6.42 Å². The number of hydrogen-bond donors (Lipinski definition) is 2. The van der Waals surface area contributed by atoms with E-state index < -0.39 is 24.2 Å². The molecule has 0 radical (unpaired) electrons. The number of nitrogens with one attached hydrogen (secondary N) is 2. The zero-order valence-corrected chi connectivity index (χ0v) is 15.4. The summed E-state index contributed by atoms with van der Waals surface area (Å²) in [6.07, 6.45) is -0.448. The minimum atomic E-state index is -0.579. The lowest BCUT2D eigenvalue weighted by molar-refractivity contribution is -0.123. The maximum Gasteiger partial charge on any atom is 0.340 e. The molecule has 0 aromatic heterocycles. The van der Waals surface area contributed by atoms with E-state index in [9.17, 15) is 14.4 Å². The number of amides is 2. The van der Waals surface area contributed by atoms with Gasteiger partial charge < -0.3 is 15.4 Å². The van der Waals surface area contributed by atoms with Crippen LogP contribution in [0, 0.1) is 0 Å². The Morgan fingerprint density at radius 2 is 1.62 bits per heavy atom. The van der Waals surface area contributed by atoms with Crippen LogP contribution in [0.25, 0.3) is 0 Å². The summed E-state index contributed by atoms with van der Waals surface area (Å²) in [4.78, 5) is 36.0. The van der Waals surface area contributed by atoms with Crippen LogP contribution in [0.2, 0.25) is 10.0 Å². The van der Waals surface area contributed by atoms with E-state index in [-0.39, 0.29) is 22.9 Å². The van der Waals surface area contributed by atoms with E-state index in [1.54, 1.807) is 31.2 Å². The molecule has 0 atom stereocenters. The quantitative estimate of drug-likeness (QED) is 0.569. The molecule has 0 fully saturated rings. The van der Waals surface area contributed by atoms with Crippen LogP contribution in [0.5, 0.6) is 0 Å². The van der Waals surface area contributed by atoms with Gasteiger partial charge in [-0.1, -0.05) is 35.3 Å². The van der Waals surface area contributed by atoms with Crippen molar-refractivity contribution < 1.29 is 19.1 Å². The largest absolute Gasteiger partial charge is 0.462 e. The Morgan fingerprint density at radius 3 is 2.27 bits per heavy atom. The predicted molar refractivity (Wildman–Crippen MR) is 101 cm³/mol. The first-order valence-electron chi connectivity index (χ1n) is 7.71. The summed E-state index contributed by atoms with van der Waals surface area (Å²) in [6, 6.07) is 11.0. The molecule has 0 unspecified atom stereocenters. The molecule has 6 nitrogen and oxygen atoms in total. The first-order chi connectivity index (χ1) is 12.4. The summed E-state index contributed by atoms with van der Waals surface area (Å²) < 4.78 is 4.94. The number of carbonyl (C=O) groups excluding carboxylic acids is 3. The molecule has 0 spiro atoms. The van der Waals surface area contributed by atoms with Crippen molar-refractivity contribution in [2.75, 3.05) is 17.2 Å². The van der Waals surface area contributed by atoms with Crippen molar-refractivity contribution in [3.63, 3.8) is 0 Å². The molecule has 2 aromatic carbocycles. The van der Waals surface area contributed by atoms with Gasteiger partial charge in [-0.15, -0.1) is 0 Å². The van der Waals surface area contributed by atoms with Crippen molar-refractivity contribution in [1.82, 2.24) is 0 Å². The van der Waals surface area contributed by atoms with Crippen LogP contribution in [0.3, 0.4) is 0 Å².